The van der Waals surface area contributed by atoms with Crippen molar-refractivity contribution in [1.29, 1.82) is 0 Å². The number of aliphatic hydroxyl groups is 1. The highest BCUT2D eigenvalue weighted by Crippen LogP contribution is 2.71. The molecule has 4 heterocycles. The summed E-state index contributed by atoms with van der Waals surface area (Å²) >= 11 is 1.47. The van der Waals surface area contributed by atoms with Gasteiger partial charge < -0.3 is 20.0 Å². The van der Waals surface area contributed by atoms with Gasteiger partial charge in [-0.15, -0.1) is 23.4 Å². The number of carboxylic acids is 1. The summed E-state index contributed by atoms with van der Waals surface area (Å²) in [6, 6.07) is 5.91. The smallest absolute Gasteiger partial charge is 0.308 e. The van der Waals surface area contributed by atoms with Crippen LogP contribution in [0, 0.1) is 11.8 Å². The monoisotopic (exact) mass is 499 g/mol. The summed E-state index contributed by atoms with van der Waals surface area (Å²) in [7, 11) is 0. The number of rotatable bonds is 8. The van der Waals surface area contributed by atoms with Crippen molar-refractivity contribution >= 4 is 40.6 Å². The van der Waals surface area contributed by atoms with Crippen LogP contribution in [-0.2, 0) is 21.1 Å². The average Bonchev–Trinajstić information content (AvgIpc) is 3.53. The largest absolute Gasteiger partial charge is 0.481 e. The number of benzene rings is 1. The second kappa shape index (κ2) is 8.34. The zero-order chi connectivity index (χ0) is 25.1. The maximum atomic E-state index is 14.3. The maximum absolute atomic E-state index is 14.3. The van der Waals surface area contributed by atoms with E-state index in [0.717, 1.165) is 5.52 Å². The van der Waals surface area contributed by atoms with E-state index in [9.17, 15) is 24.6 Å². The molecule has 1 aromatic carbocycles. The molecule has 0 saturated carbocycles. The zero-order valence-corrected chi connectivity index (χ0v) is 20.5. The van der Waals surface area contributed by atoms with Gasteiger partial charge in [-0.3, -0.25) is 14.4 Å². The number of hydrogen-bond donors (Lipinski definition) is 2. The lowest BCUT2D eigenvalue weighted by Gasteiger charge is -2.38. The molecule has 35 heavy (non-hydrogen) atoms. The summed E-state index contributed by atoms with van der Waals surface area (Å²) < 4.78 is 0.146. The molecule has 11 heteroatoms. The molecule has 3 saturated heterocycles. The van der Waals surface area contributed by atoms with Crippen molar-refractivity contribution < 1.29 is 24.6 Å². The maximum Gasteiger partial charge on any atom is 0.308 e. The molecule has 186 valence electrons. The Hall–Kier alpha value is -2.92. The van der Waals surface area contributed by atoms with Gasteiger partial charge in [0.2, 0.25) is 11.8 Å². The summed E-state index contributed by atoms with van der Waals surface area (Å²) in [6.07, 6.45) is 2.79. The van der Waals surface area contributed by atoms with Gasteiger partial charge in [-0.1, -0.05) is 23.4 Å². The lowest BCUT2D eigenvalue weighted by Crippen LogP contribution is -2.57. The number of thioether (sulfide) groups is 1. The highest BCUT2D eigenvalue weighted by molar-refractivity contribution is 8.02. The van der Waals surface area contributed by atoms with Crippen LogP contribution < -0.4 is 0 Å². The Labute approximate surface area is 206 Å². The molecule has 2 aromatic rings. The van der Waals surface area contributed by atoms with Crippen LogP contribution in [0.4, 0.5) is 0 Å². The normalized spacial score (nSPS) is 32.1. The lowest BCUT2D eigenvalue weighted by atomic mass is 9.66. The molecule has 3 fully saturated rings. The van der Waals surface area contributed by atoms with Crippen LogP contribution in [0.1, 0.15) is 26.7 Å². The third-order valence-corrected chi connectivity index (χ3v) is 9.83. The fraction of sp³-hybridized carbons (Fsp3) is 0.542. The first-order chi connectivity index (χ1) is 16.7. The summed E-state index contributed by atoms with van der Waals surface area (Å²) in [5.74, 6) is -3.38. The second-order valence-electron chi connectivity index (χ2n) is 9.91. The van der Waals surface area contributed by atoms with Crippen molar-refractivity contribution in [2.24, 2.45) is 11.8 Å². The highest BCUT2D eigenvalue weighted by Gasteiger charge is 2.77. The molecule has 1 aromatic heterocycles. The Bertz CT molecular complexity index is 1220. The van der Waals surface area contributed by atoms with Crippen molar-refractivity contribution in [2.75, 3.05) is 13.2 Å². The molecule has 2 N–H and O–H groups in total. The number of amides is 2. The molecule has 6 atom stereocenters. The number of aromatic nitrogens is 3. The molecule has 10 nitrogen and oxygen atoms in total. The molecule has 1 spiro atoms. The fourth-order valence-corrected chi connectivity index (χ4v) is 8.64. The number of hydrogen-bond acceptors (Lipinski definition) is 7. The number of aliphatic hydroxyl groups excluding tert-OH is 1. The number of para-hydroxylation sites is 1. The van der Waals surface area contributed by atoms with E-state index in [-0.39, 0.29) is 31.6 Å². The minimum absolute atomic E-state index is 0.0996. The Morgan fingerprint density at radius 2 is 2.11 bits per heavy atom. The lowest BCUT2D eigenvalue weighted by molar-refractivity contribution is -0.151. The predicted molar refractivity (Wildman–Crippen MR) is 129 cm³/mol. The Morgan fingerprint density at radius 1 is 1.37 bits per heavy atom. The Balaban J connectivity index is 1.56. The van der Waals surface area contributed by atoms with E-state index < -0.39 is 39.4 Å². The number of carbonyl (C=O) groups is 3. The van der Waals surface area contributed by atoms with Crippen molar-refractivity contribution in [1.82, 2.24) is 24.8 Å². The minimum Gasteiger partial charge on any atom is -0.481 e. The van der Waals surface area contributed by atoms with Crippen molar-refractivity contribution in [3.63, 3.8) is 0 Å². The van der Waals surface area contributed by atoms with Gasteiger partial charge in [0.1, 0.15) is 18.2 Å². The van der Waals surface area contributed by atoms with Gasteiger partial charge in [0, 0.05) is 11.3 Å². The molecule has 5 rings (SSSR count). The van der Waals surface area contributed by atoms with E-state index in [0.29, 0.717) is 18.4 Å². The first-order valence-electron chi connectivity index (χ1n) is 11.7. The van der Waals surface area contributed by atoms with Crippen LogP contribution in [0.15, 0.2) is 36.9 Å². The van der Waals surface area contributed by atoms with E-state index in [4.69, 9.17) is 0 Å². The van der Waals surface area contributed by atoms with E-state index >= 15 is 0 Å². The molecule has 2 amide bonds. The van der Waals surface area contributed by atoms with Gasteiger partial charge in [0.15, 0.2) is 0 Å². The summed E-state index contributed by atoms with van der Waals surface area (Å²) in [5, 5.41) is 28.4. The van der Waals surface area contributed by atoms with E-state index in [1.165, 1.54) is 16.7 Å². The average molecular weight is 500 g/mol. The van der Waals surface area contributed by atoms with Gasteiger partial charge in [0.05, 0.1) is 34.7 Å². The van der Waals surface area contributed by atoms with Crippen LogP contribution in [0.5, 0.6) is 0 Å². The summed E-state index contributed by atoms with van der Waals surface area (Å²) in [6.45, 7) is 7.37. The molecule has 0 radical (unpaired) electrons. The summed E-state index contributed by atoms with van der Waals surface area (Å²) in [5.41, 5.74) is 1.47. The van der Waals surface area contributed by atoms with Gasteiger partial charge >= 0.3 is 5.97 Å². The number of aliphatic carboxylic acids is 1. The molecule has 2 unspecified atom stereocenters. The molecular weight excluding hydrogens is 470 g/mol. The van der Waals surface area contributed by atoms with E-state index in [2.05, 4.69) is 16.9 Å². The SMILES string of the molecule is C=CCN(Cn1nnc2ccccc21)C(=O)C1N([C@H](C)CO)C(=O)[C@@H]2[C@H](C(=O)O)[C@]3(C)CCC12S3. The van der Waals surface area contributed by atoms with Crippen LogP contribution >= 0.6 is 11.8 Å². The third-order valence-electron chi connectivity index (χ3n) is 7.84. The second-order valence-corrected chi connectivity index (χ2v) is 11.8. The van der Waals surface area contributed by atoms with Crippen LogP contribution in [0.2, 0.25) is 0 Å². The number of carboxylic acid groups (broad SMARTS) is 1. The molecular formula is C24H29N5O5S. The van der Waals surface area contributed by atoms with Crippen molar-refractivity contribution in [2.45, 2.75) is 54.9 Å². The van der Waals surface area contributed by atoms with Crippen LogP contribution in [0.25, 0.3) is 11.0 Å². The number of fused-ring (bicyclic) bond motifs is 2. The Morgan fingerprint density at radius 3 is 2.80 bits per heavy atom. The van der Waals surface area contributed by atoms with Gasteiger partial charge in [-0.05, 0) is 38.8 Å². The van der Waals surface area contributed by atoms with Crippen molar-refractivity contribution in [3.8, 4) is 0 Å². The number of likely N-dealkylation sites (tertiary alicyclic amines) is 1. The third kappa shape index (κ3) is 3.31. The molecule has 3 aliphatic rings. The fourth-order valence-electron chi connectivity index (χ4n) is 6.31. The quantitative estimate of drug-likeness (QED) is 0.521. The van der Waals surface area contributed by atoms with Crippen LogP contribution in [-0.4, -0.2) is 87.5 Å². The van der Waals surface area contributed by atoms with Crippen molar-refractivity contribution in [3.05, 3.63) is 36.9 Å². The molecule has 0 aliphatic carbocycles. The predicted octanol–water partition coefficient (Wildman–Crippen LogP) is 1.35. The summed E-state index contributed by atoms with van der Waals surface area (Å²) in [4.78, 5) is 43.3. The Kier molecular flexibility index (Phi) is 5.67. The zero-order valence-electron chi connectivity index (χ0n) is 19.7. The molecule has 2 bridgehead atoms. The number of carbonyl (C=O) groups excluding carboxylic acids is 2. The van der Waals surface area contributed by atoms with E-state index in [1.54, 1.807) is 22.6 Å². The standard InChI is InChI=1S/C24H29N5O5S/c1-4-11-27(13-28-16-8-6-5-7-15(16)25-26-28)21(32)19-24-10-9-23(3,35-24)18(22(33)34)17(24)20(31)29(19)14(2)12-30/h4-8,14,17-19,30H,1,9-13H2,2-3H3,(H,33,34)/t14-,17+,18-,19?,23+,24?/m1/s1. The first-order valence-corrected chi connectivity index (χ1v) is 12.5. The first kappa shape index (κ1) is 23.8. The van der Waals surface area contributed by atoms with Gasteiger partial charge in [-0.2, -0.15) is 0 Å². The van der Waals surface area contributed by atoms with E-state index in [1.807, 2.05) is 31.2 Å². The highest BCUT2D eigenvalue weighted by atomic mass is 32.2. The minimum atomic E-state index is -1.01. The van der Waals surface area contributed by atoms with Gasteiger partial charge in [-0.25, -0.2) is 4.68 Å². The number of nitrogens with zero attached hydrogens (tertiary/aromatic N) is 5. The van der Waals surface area contributed by atoms with Gasteiger partial charge in [0.25, 0.3) is 0 Å². The van der Waals surface area contributed by atoms with Crippen LogP contribution in [0.3, 0.4) is 0 Å². The topological polar surface area (TPSA) is 129 Å². The molecule has 3 aliphatic heterocycles.